The molecule has 156 valence electrons. The Labute approximate surface area is 170 Å². The van der Waals surface area contributed by atoms with Crippen molar-refractivity contribution in [3.05, 3.63) is 23.3 Å². The molecule has 0 saturated heterocycles. The average Bonchev–Trinajstić information content (AvgIpc) is 2.63. The van der Waals surface area contributed by atoms with Crippen molar-refractivity contribution in [3.63, 3.8) is 0 Å². The first-order valence-corrected chi connectivity index (χ1v) is 11.1. The summed E-state index contributed by atoms with van der Waals surface area (Å²) in [6, 6.07) is 4.04. The van der Waals surface area contributed by atoms with Crippen molar-refractivity contribution in [1.82, 2.24) is 0 Å². The number of fused-ring (bicyclic) bond motifs is 2. The average molecular weight is 387 g/mol. The third kappa shape index (κ3) is 3.57. The molecule has 0 aromatic heterocycles. The molecule has 2 unspecified atom stereocenters. The molecule has 3 nitrogen and oxygen atoms in total. The number of methoxy groups -OCH3 is 1. The van der Waals surface area contributed by atoms with Crippen LogP contribution >= 0.6 is 0 Å². The second-order valence-corrected chi connectivity index (χ2v) is 10.3. The molecule has 28 heavy (non-hydrogen) atoms. The number of aromatic hydroxyl groups is 1. The Morgan fingerprint density at radius 3 is 2.50 bits per heavy atom. The minimum absolute atomic E-state index is 0.0136. The molecule has 2 bridgehead atoms. The van der Waals surface area contributed by atoms with Crippen LogP contribution in [0.1, 0.15) is 96.6 Å². The Balaban J connectivity index is 1.89. The van der Waals surface area contributed by atoms with Crippen molar-refractivity contribution in [3.8, 4) is 11.5 Å². The molecule has 1 N–H and O–H groups in total. The van der Waals surface area contributed by atoms with E-state index in [2.05, 4.69) is 40.7 Å². The van der Waals surface area contributed by atoms with Crippen molar-refractivity contribution < 1.29 is 14.6 Å². The summed E-state index contributed by atoms with van der Waals surface area (Å²) in [6.45, 7) is 11.1. The first-order chi connectivity index (χ1) is 13.1. The van der Waals surface area contributed by atoms with E-state index in [1.165, 1.54) is 25.7 Å². The number of hydrogen-bond acceptors (Lipinski definition) is 3. The van der Waals surface area contributed by atoms with E-state index in [1.807, 2.05) is 6.07 Å². The van der Waals surface area contributed by atoms with Gasteiger partial charge in [-0.15, -0.1) is 0 Å². The molecule has 1 aromatic rings. The number of phenols is 1. The summed E-state index contributed by atoms with van der Waals surface area (Å²) in [4.78, 5) is 12.6. The van der Waals surface area contributed by atoms with Crippen LogP contribution in [0.15, 0.2) is 12.1 Å². The lowest BCUT2D eigenvalue weighted by atomic mass is 9.44. The summed E-state index contributed by atoms with van der Waals surface area (Å²) in [5.74, 6) is 2.08. The predicted octanol–water partition coefficient (Wildman–Crippen LogP) is 6.37. The van der Waals surface area contributed by atoms with Gasteiger partial charge >= 0.3 is 0 Å². The van der Waals surface area contributed by atoms with Gasteiger partial charge < -0.3 is 9.84 Å². The van der Waals surface area contributed by atoms with Gasteiger partial charge in [0.05, 0.1) is 7.11 Å². The number of hydrogen-bond donors (Lipinski definition) is 1. The van der Waals surface area contributed by atoms with E-state index < -0.39 is 0 Å². The fourth-order valence-electron chi connectivity index (χ4n) is 5.68. The zero-order valence-corrected chi connectivity index (χ0v) is 18.6. The second kappa shape index (κ2) is 7.72. The third-order valence-corrected chi connectivity index (χ3v) is 7.79. The van der Waals surface area contributed by atoms with Crippen LogP contribution in [-0.2, 0) is 10.2 Å². The minimum atomic E-state index is -0.0136. The standard InChI is InChI=1S/C25H38O3/c1-7-8-9-10-11-24(2,3)16-12-21(27)23(22(13-16)28-6)17-14-20(26)19-15-18(17)25(19,4)5/h12-13,17-19,27H,7-11,14-15H2,1-6H3/t17-,18?,19?/m0/s1. The number of phenolic OH excluding ortho intramolecular Hbond substituents is 1. The molecule has 3 atom stereocenters. The summed E-state index contributed by atoms with van der Waals surface area (Å²) in [5, 5.41) is 11.0. The van der Waals surface area contributed by atoms with Gasteiger partial charge in [0, 0.05) is 23.8 Å². The second-order valence-electron chi connectivity index (χ2n) is 10.3. The summed E-state index contributed by atoms with van der Waals surface area (Å²) in [6.07, 6.45) is 7.53. The molecule has 0 aliphatic heterocycles. The molecule has 3 aliphatic carbocycles. The molecule has 0 radical (unpaired) electrons. The van der Waals surface area contributed by atoms with Gasteiger partial charge in [0.1, 0.15) is 17.3 Å². The molecule has 1 aromatic carbocycles. The molecule has 0 amide bonds. The Morgan fingerprint density at radius 2 is 1.93 bits per heavy atom. The number of ether oxygens (including phenoxy) is 1. The Hall–Kier alpha value is -1.51. The smallest absolute Gasteiger partial charge is 0.137 e. The monoisotopic (exact) mass is 386 g/mol. The number of Topliss-reactive ketones (excluding diaryl/α,β-unsaturated/α-hetero) is 1. The number of rotatable bonds is 8. The quantitative estimate of drug-likeness (QED) is 0.528. The van der Waals surface area contributed by atoms with Crippen LogP contribution in [0.3, 0.4) is 0 Å². The molecule has 3 heteroatoms. The molecule has 3 saturated carbocycles. The molecule has 4 rings (SSSR count). The van der Waals surface area contributed by atoms with E-state index in [0.29, 0.717) is 23.9 Å². The van der Waals surface area contributed by atoms with Crippen LogP contribution in [0.4, 0.5) is 0 Å². The summed E-state index contributed by atoms with van der Waals surface area (Å²) in [7, 11) is 1.68. The van der Waals surface area contributed by atoms with E-state index in [1.54, 1.807) is 7.11 Å². The van der Waals surface area contributed by atoms with Gasteiger partial charge in [-0.25, -0.2) is 0 Å². The number of benzene rings is 1. The maximum absolute atomic E-state index is 12.6. The van der Waals surface area contributed by atoms with Gasteiger partial charge in [-0.05, 0) is 47.3 Å². The fourth-order valence-corrected chi connectivity index (χ4v) is 5.68. The largest absolute Gasteiger partial charge is 0.508 e. The van der Waals surface area contributed by atoms with E-state index >= 15 is 0 Å². The SMILES string of the molecule is CCCCCCC(C)(C)c1cc(O)c([C@H]2CC(=O)C3CC2C3(C)C)c(OC)c1. The number of ketones is 1. The highest BCUT2D eigenvalue weighted by Gasteiger charge is 2.59. The Bertz CT molecular complexity index is 732. The summed E-state index contributed by atoms with van der Waals surface area (Å²) in [5.41, 5.74) is 1.97. The van der Waals surface area contributed by atoms with Crippen LogP contribution in [0.2, 0.25) is 0 Å². The van der Waals surface area contributed by atoms with Gasteiger partial charge in [0.2, 0.25) is 0 Å². The van der Waals surface area contributed by atoms with Crippen molar-refractivity contribution in [1.29, 1.82) is 0 Å². The highest BCUT2D eigenvalue weighted by atomic mass is 16.5. The normalized spacial score (nSPS) is 26.1. The molecule has 0 heterocycles. The third-order valence-electron chi connectivity index (χ3n) is 7.79. The van der Waals surface area contributed by atoms with Crippen LogP contribution in [0, 0.1) is 17.3 Å². The van der Waals surface area contributed by atoms with E-state index in [9.17, 15) is 9.90 Å². The van der Waals surface area contributed by atoms with Gasteiger partial charge in [-0.2, -0.15) is 0 Å². The lowest BCUT2D eigenvalue weighted by molar-refractivity contribution is -0.151. The number of carbonyl (C=O) groups is 1. The van der Waals surface area contributed by atoms with Crippen molar-refractivity contribution in [2.24, 2.45) is 17.3 Å². The first-order valence-electron chi connectivity index (χ1n) is 11.1. The van der Waals surface area contributed by atoms with Crippen molar-refractivity contribution in [2.45, 2.75) is 90.9 Å². The van der Waals surface area contributed by atoms with Gasteiger partial charge in [-0.3, -0.25) is 4.79 Å². The number of unbranched alkanes of at least 4 members (excludes halogenated alkanes) is 3. The molecule has 3 fully saturated rings. The molecule has 0 spiro atoms. The van der Waals surface area contributed by atoms with Crippen LogP contribution in [0.25, 0.3) is 0 Å². The first kappa shape index (κ1) is 21.2. The van der Waals surface area contributed by atoms with E-state index in [-0.39, 0.29) is 22.7 Å². The Morgan fingerprint density at radius 1 is 1.21 bits per heavy atom. The molecular weight excluding hydrogens is 348 g/mol. The van der Waals surface area contributed by atoms with Gasteiger partial charge in [-0.1, -0.05) is 60.3 Å². The zero-order chi connectivity index (χ0) is 20.7. The lowest BCUT2D eigenvalue weighted by Gasteiger charge is -2.59. The van der Waals surface area contributed by atoms with Gasteiger partial charge in [0.15, 0.2) is 0 Å². The van der Waals surface area contributed by atoms with Crippen LogP contribution < -0.4 is 4.74 Å². The van der Waals surface area contributed by atoms with Crippen LogP contribution in [0.5, 0.6) is 11.5 Å². The maximum Gasteiger partial charge on any atom is 0.137 e. The summed E-state index contributed by atoms with van der Waals surface area (Å²) >= 11 is 0. The van der Waals surface area contributed by atoms with Gasteiger partial charge in [0.25, 0.3) is 0 Å². The van der Waals surface area contributed by atoms with Crippen LogP contribution in [-0.4, -0.2) is 18.0 Å². The van der Waals surface area contributed by atoms with E-state index in [0.717, 1.165) is 29.7 Å². The highest BCUT2D eigenvalue weighted by molar-refractivity contribution is 5.86. The zero-order valence-electron chi connectivity index (χ0n) is 18.6. The Kier molecular flexibility index (Phi) is 5.85. The molecule has 3 aliphatic rings. The van der Waals surface area contributed by atoms with Crippen molar-refractivity contribution >= 4 is 5.78 Å². The lowest BCUT2D eigenvalue weighted by Crippen LogP contribution is -2.56. The van der Waals surface area contributed by atoms with Crippen molar-refractivity contribution in [2.75, 3.05) is 7.11 Å². The summed E-state index contributed by atoms with van der Waals surface area (Å²) < 4.78 is 5.76. The topological polar surface area (TPSA) is 46.5 Å². The minimum Gasteiger partial charge on any atom is -0.508 e. The van der Waals surface area contributed by atoms with E-state index in [4.69, 9.17) is 4.74 Å². The molecular formula is C25H38O3. The number of carbonyl (C=O) groups excluding carboxylic acids is 1. The predicted molar refractivity (Wildman–Crippen MR) is 114 cm³/mol. The maximum atomic E-state index is 12.6. The fraction of sp³-hybridized carbons (Fsp3) is 0.720. The highest BCUT2D eigenvalue weighted by Crippen LogP contribution is 2.64.